The molecule has 128 valence electrons. The minimum atomic E-state index is -0.574. The average Bonchev–Trinajstić information content (AvgIpc) is 3.02. The second kappa shape index (κ2) is 7.22. The van der Waals surface area contributed by atoms with Crippen LogP contribution in [0, 0.1) is 6.92 Å². The van der Waals surface area contributed by atoms with Crippen LogP contribution in [0.5, 0.6) is 5.75 Å². The van der Waals surface area contributed by atoms with Crippen molar-refractivity contribution in [1.82, 2.24) is 14.6 Å². The van der Waals surface area contributed by atoms with Crippen molar-refractivity contribution in [2.45, 2.75) is 13.5 Å². The van der Waals surface area contributed by atoms with E-state index in [1.807, 2.05) is 0 Å². The van der Waals surface area contributed by atoms with Crippen molar-refractivity contribution in [3.05, 3.63) is 57.0 Å². The van der Waals surface area contributed by atoms with E-state index < -0.39 is 5.97 Å². The molecule has 0 atom stereocenters. The van der Waals surface area contributed by atoms with Crippen LogP contribution in [0.15, 0.2) is 35.1 Å². The maximum absolute atomic E-state index is 11.8. The summed E-state index contributed by atoms with van der Waals surface area (Å²) in [5.74, 6) is -0.121. The van der Waals surface area contributed by atoms with Gasteiger partial charge in [0.25, 0.3) is 5.56 Å². The molecule has 8 nitrogen and oxygen atoms in total. The number of nitrogens with zero attached hydrogens (tertiary/aromatic N) is 3. The zero-order valence-electron chi connectivity index (χ0n) is 13.2. The number of carbonyl (C=O) groups is 2. The van der Waals surface area contributed by atoms with Gasteiger partial charge >= 0.3 is 5.97 Å². The first-order valence-electron chi connectivity index (χ1n) is 7.25. The van der Waals surface area contributed by atoms with Gasteiger partial charge in [0.05, 0.1) is 0 Å². The van der Waals surface area contributed by atoms with Crippen LogP contribution in [0.3, 0.4) is 0 Å². The van der Waals surface area contributed by atoms with Crippen LogP contribution < -0.4 is 10.3 Å². The van der Waals surface area contributed by atoms with Crippen LogP contribution in [0.1, 0.15) is 21.1 Å². The van der Waals surface area contributed by atoms with Gasteiger partial charge in [-0.25, -0.2) is 9.78 Å². The first-order valence-corrected chi connectivity index (χ1v) is 8.07. The SMILES string of the molecule is Cc1cc(=O)n2nc(COC(=O)COc3ccc(C=O)cc3)sc2n1. The van der Waals surface area contributed by atoms with Gasteiger partial charge < -0.3 is 9.47 Å². The standard InChI is InChI=1S/C16H13N3O5S/c1-10-6-14(21)19-16(17-10)25-13(18-19)8-24-15(22)9-23-12-4-2-11(7-20)3-5-12/h2-7H,8-9H2,1H3. The number of benzene rings is 1. The molecule has 0 spiro atoms. The van der Waals surface area contributed by atoms with Crippen molar-refractivity contribution < 1.29 is 19.1 Å². The van der Waals surface area contributed by atoms with Gasteiger partial charge in [-0.2, -0.15) is 9.61 Å². The number of rotatable bonds is 6. The van der Waals surface area contributed by atoms with Gasteiger partial charge in [-0.15, -0.1) is 0 Å². The van der Waals surface area contributed by atoms with E-state index in [2.05, 4.69) is 10.1 Å². The number of aryl methyl sites for hydroxylation is 1. The number of carbonyl (C=O) groups excluding carboxylic acids is 2. The zero-order valence-corrected chi connectivity index (χ0v) is 14.0. The van der Waals surface area contributed by atoms with Crippen LogP contribution in [0.2, 0.25) is 0 Å². The Morgan fingerprint density at radius 3 is 2.80 bits per heavy atom. The predicted octanol–water partition coefficient (Wildman–Crippen LogP) is 1.39. The molecule has 0 radical (unpaired) electrons. The Morgan fingerprint density at radius 1 is 1.32 bits per heavy atom. The summed E-state index contributed by atoms with van der Waals surface area (Å²) in [6, 6.07) is 7.73. The van der Waals surface area contributed by atoms with E-state index in [0.29, 0.717) is 27.0 Å². The van der Waals surface area contributed by atoms with Crippen molar-refractivity contribution >= 4 is 28.6 Å². The Hall–Kier alpha value is -3.07. The van der Waals surface area contributed by atoms with E-state index in [0.717, 1.165) is 6.29 Å². The molecular weight excluding hydrogens is 346 g/mol. The topological polar surface area (TPSA) is 99.9 Å². The molecule has 3 aromatic rings. The highest BCUT2D eigenvalue weighted by Crippen LogP contribution is 2.13. The summed E-state index contributed by atoms with van der Waals surface area (Å²) >= 11 is 1.18. The largest absolute Gasteiger partial charge is 0.482 e. The summed E-state index contributed by atoms with van der Waals surface area (Å²) < 4.78 is 11.5. The molecule has 9 heteroatoms. The van der Waals surface area contributed by atoms with Gasteiger partial charge in [0, 0.05) is 17.3 Å². The first kappa shape index (κ1) is 16.8. The van der Waals surface area contributed by atoms with Crippen molar-refractivity contribution in [3.8, 4) is 5.75 Å². The van der Waals surface area contributed by atoms with Crippen LogP contribution in [-0.4, -0.2) is 33.5 Å². The molecule has 2 aromatic heterocycles. The smallest absolute Gasteiger partial charge is 0.344 e. The van der Waals surface area contributed by atoms with Gasteiger partial charge in [-0.05, 0) is 31.2 Å². The van der Waals surface area contributed by atoms with Crippen molar-refractivity contribution in [2.75, 3.05) is 6.61 Å². The van der Waals surface area contributed by atoms with Crippen molar-refractivity contribution in [2.24, 2.45) is 0 Å². The second-order valence-electron chi connectivity index (χ2n) is 5.06. The third-order valence-electron chi connectivity index (χ3n) is 3.14. The Labute approximate surface area is 145 Å². The predicted molar refractivity (Wildman–Crippen MR) is 89.0 cm³/mol. The molecule has 25 heavy (non-hydrogen) atoms. The molecule has 0 aliphatic carbocycles. The number of hydrogen-bond acceptors (Lipinski definition) is 8. The molecule has 0 aliphatic rings. The van der Waals surface area contributed by atoms with Crippen LogP contribution in [0.25, 0.3) is 4.96 Å². The number of aromatic nitrogens is 3. The molecule has 0 amide bonds. The monoisotopic (exact) mass is 359 g/mol. The van der Waals surface area contributed by atoms with E-state index in [-0.39, 0.29) is 18.8 Å². The fourth-order valence-corrected chi connectivity index (χ4v) is 2.85. The molecule has 0 aliphatic heterocycles. The van der Waals surface area contributed by atoms with Gasteiger partial charge in [0.2, 0.25) is 4.96 Å². The molecule has 3 rings (SSSR count). The Kier molecular flexibility index (Phi) is 4.85. The highest BCUT2D eigenvalue weighted by molar-refractivity contribution is 7.16. The first-order chi connectivity index (χ1) is 12.0. The summed E-state index contributed by atoms with van der Waals surface area (Å²) in [6.07, 6.45) is 0.720. The third kappa shape index (κ3) is 4.07. The number of esters is 1. The zero-order chi connectivity index (χ0) is 17.8. The molecule has 0 saturated heterocycles. The summed E-state index contributed by atoms with van der Waals surface area (Å²) in [5, 5.41) is 4.53. The second-order valence-corrected chi connectivity index (χ2v) is 6.10. The van der Waals surface area contributed by atoms with E-state index in [4.69, 9.17) is 9.47 Å². The van der Waals surface area contributed by atoms with Crippen molar-refractivity contribution in [1.29, 1.82) is 0 Å². The van der Waals surface area contributed by atoms with E-state index in [1.165, 1.54) is 21.9 Å². The summed E-state index contributed by atoms with van der Waals surface area (Å²) in [7, 11) is 0. The normalized spacial score (nSPS) is 10.6. The van der Waals surface area contributed by atoms with Gasteiger partial charge in [0.15, 0.2) is 11.6 Å². The van der Waals surface area contributed by atoms with Gasteiger partial charge in [0.1, 0.15) is 18.6 Å². The Balaban J connectivity index is 1.55. The van der Waals surface area contributed by atoms with Gasteiger partial charge in [-0.1, -0.05) is 11.3 Å². The molecule has 0 saturated carbocycles. The molecular formula is C16H13N3O5S. The fourth-order valence-electron chi connectivity index (χ4n) is 1.99. The number of aldehydes is 1. The van der Waals surface area contributed by atoms with Crippen LogP contribution >= 0.6 is 11.3 Å². The molecule has 0 N–H and O–H groups in total. The molecule has 0 bridgehead atoms. The van der Waals surface area contributed by atoms with E-state index in [1.54, 1.807) is 31.2 Å². The number of fused-ring (bicyclic) bond motifs is 1. The summed E-state index contributed by atoms with van der Waals surface area (Å²) in [6.45, 7) is 1.38. The maximum atomic E-state index is 11.8. The number of hydrogen-bond donors (Lipinski definition) is 0. The highest BCUT2D eigenvalue weighted by Gasteiger charge is 2.11. The third-order valence-corrected chi connectivity index (χ3v) is 4.03. The van der Waals surface area contributed by atoms with Crippen LogP contribution in [0.4, 0.5) is 0 Å². The molecule has 2 heterocycles. The van der Waals surface area contributed by atoms with Gasteiger partial charge in [-0.3, -0.25) is 9.59 Å². The lowest BCUT2D eigenvalue weighted by molar-refractivity contribution is -0.147. The molecule has 0 unspecified atom stereocenters. The molecule has 1 aromatic carbocycles. The fraction of sp³-hybridized carbons (Fsp3) is 0.188. The Morgan fingerprint density at radius 2 is 2.08 bits per heavy atom. The van der Waals surface area contributed by atoms with Crippen molar-refractivity contribution in [3.63, 3.8) is 0 Å². The minimum Gasteiger partial charge on any atom is -0.482 e. The molecule has 0 fully saturated rings. The lowest BCUT2D eigenvalue weighted by Gasteiger charge is -2.05. The lowest BCUT2D eigenvalue weighted by Crippen LogP contribution is -2.16. The quantitative estimate of drug-likeness (QED) is 0.484. The summed E-state index contributed by atoms with van der Waals surface area (Å²) in [5.41, 5.74) is 0.842. The van der Waals surface area contributed by atoms with E-state index >= 15 is 0 Å². The van der Waals surface area contributed by atoms with E-state index in [9.17, 15) is 14.4 Å². The Bertz CT molecular complexity index is 978. The minimum absolute atomic E-state index is 0.0706. The number of ether oxygens (including phenoxy) is 2. The highest BCUT2D eigenvalue weighted by atomic mass is 32.1. The lowest BCUT2D eigenvalue weighted by atomic mass is 10.2. The maximum Gasteiger partial charge on any atom is 0.344 e. The van der Waals surface area contributed by atoms with Crippen LogP contribution in [-0.2, 0) is 16.1 Å². The summed E-state index contributed by atoms with van der Waals surface area (Å²) in [4.78, 5) is 38.7. The average molecular weight is 359 g/mol.